The maximum atomic E-state index is 12.7. The second-order valence-electron chi connectivity index (χ2n) is 7.04. The standard InChI is InChI=1S/C21H23ClN4O3/c1-24-18-4-2-3-5-19(18)26(21(24)28)9-8-20(27)23-16-14-15(22)6-7-17(16)25-10-12-29-13-11-25/h2-7,14H,8-13H2,1H3,(H,23,27). The number of para-hydroxylation sites is 2. The molecule has 1 saturated heterocycles. The Kier molecular flexibility index (Phi) is 5.60. The third kappa shape index (κ3) is 4.02. The van der Waals surface area contributed by atoms with E-state index in [9.17, 15) is 9.59 Å². The zero-order chi connectivity index (χ0) is 20.4. The van der Waals surface area contributed by atoms with Gasteiger partial charge in [-0.25, -0.2) is 4.79 Å². The molecular weight excluding hydrogens is 392 g/mol. The smallest absolute Gasteiger partial charge is 0.328 e. The molecule has 7 nitrogen and oxygen atoms in total. The molecule has 3 aromatic rings. The maximum absolute atomic E-state index is 12.7. The van der Waals surface area contributed by atoms with Crippen LogP contribution in [0.15, 0.2) is 47.3 Å². The van der Waals surface area contributed by atoms with Crippen LogP contribution < -0.4 is 15.9 Å². The summed E-state index contributed by atoms with van der Waals surface area (Å²) in [6.45, 7) is 3.13. The molecule has 0 atom stereocenters. The Bertz CT molecular complexity index is 1100. The molecule has 0 radical (unpaired) electrons. The minimum atomic E-state index is -0.165. The third-order valence-electron chi connectivity index (χ3n) is 5.20. The second kappa shape index (κ2) is 8.31. The SMILES string of the molecule is Cn1c(=O)n(CCC(=O)Nc2cc(Cl)ccc2N2CCOCC2)c2ccccc21. The summed E-state index contributed by atoms with van der Waals surface area (Å²) in [7, 11) is 1.74. The number of ether oxygens (including phenoxy) is 1. The van der Waals surface area contributed by atoms with E-state index in [2.05, 4.69) is 10.2 Å². The molecule has 1 aliphatic heterocycles. The first-order valence-corrected chi connectivity index (χ1v) is 9.99. The topological polar surface area (TPSA) is 68.5 Å². The minimum absolute atomic E-state index is 0.129. The van der Waals surface area contributed by atoms with E-state index in [0.717, 1.165) is 29.8 Å². The molecule has 0 spiro atoms. The first-order chi connectivity index (χ1) is 14.0. The Morgan fingerprint density at radius 1 is 1.14 bits per heavy atom. The lowest BCUT2D eigenvalue weighted by molar-refractivity contribution is -0.116. The number of nitrogens with one attached hydrogen (secondary N) is 1. The van der Waals surface area contributed by atoms with Gasteiger partial charge in [0.1, 0.15) is 0 Å². The number of carbonyl (C=O) groups is 1. The lowest BCUT2D eigenvalue weighted by atomic mass is 10.2. The highest BCUT2D eigenvalue weighted by molar-refractivity contribution is 6.31. The van der Waals surface area contributed by atoms with Gasteiger partial charge in [0.2, 0.25) is 5.91 Å². The van der Waals surface area contributed by atoms with Crippen molar-refractivity contribution in [3.8, 4) is 0 Å². The van der Waals surface area contributed by atoms with Crippen LogP contribution in [0.4, 0.5) is 11.4 Å². The summed E-state index contributed by atoms with van der Waals surface area (Å²) in [6, 6.07) is 13.1. The molecule has 2 heterocycles. The zero-order valence-corrected chi connectivity index (χ0v) is 17.0. The van der Waals surface area contributed by atoms with Crippen molar-refractivity contribution in [2.24, 2.45) is 7.05 Å². The molecule has 1 aromatic heterocycles. The first-order valence-electron chi connectivity index (χ1n) is 9.61. The molecule has 29 heavy (non-hydrogen) atoms. The van der Waals surface area contributed by atoms with Crippen molar-refractivity contribution in [3.63, 3.8) is 0 Å². The van der Waals surface area contributed by atoms with Crippen molar-refractivity contribution in [1.82, 2.24) is 9.13 Å². The van der Waals surface area contributed by atoms with Crippen LogP contribution in [0.2, 0.25) is 5.02 Å². The van der Waals surface area contributed by atoms with Gasteiger partial charge in [-0.05, 0) is 30.3 Å². The monoisotopic (exact) mass is 414 g/mol. The number of aromatic nitrogens is 2. The summed E-state index contributed by atoms with van der Waals surface area (Å²) in [5.41, 5.74) is 3.14. The number of aryl methyl sites for hydroxylation is 2. The maximum Gasteiger partial charge on any atom is 0.328 e. The van der Waals surface area contributed by atoms with E-state index in [0.29, 0.717) is 30.5 Å². The Morgan fingerprint density at radius 2 is 1.86 bits per heavy atom. The number of anilines is 2. The number of imidazole rings is 1. The largest absolute Gasteiger partial charge is 0.378 e. The minimum Gasteiger partial charge on any atom is -0.378 e. The molecule has 0 bridgehead atoms. The van der Waals surface area contributed by atoms with Gasteiger partial charge in [0.05, 0.1) is 35.6 Å². The molecule has 4 rings (SSSR count). The van der Waals surface area contributed by atoms with Gasteiger partial charge in [0.25, 0.3) is 0 Å². The van der Waals surface area contributed by atoms with Gasteiger partial charge >= 0.3 is 5.69 Å². The van der Waals surface area contributed by atoms with E-state index in [1.54, 1.807) is 22.2 Å². The van der Waals surface area contributed by atoms with Crippen molar-refractivity contribution in [1.29, 1.82) is 0 Å². The van der Waals surface area contributed by atoms with Crippen molar-refractivity contribution in [2.45, 2.75) is 13.0 Å². The van der Waals surface area contributed by atoms with Crippen LogP contribution in [0.25, 0.3) is 11.0 Å². The fraction of sp³-hybridized carbons (Fsp3) is 0.333. The lowest BCUT2D eigenvalue weighted by Gasteiger charge is -2.30. The van der Waals surface area contributed by atoms with Crippen molar-refractivity contribution in [2.75, 3.05) is 36.5 Å². The summed E-state index contributed by atoms with van der Waals surface area (Å²) < 4.78 is 8.65. The van der Waals surface area contributed by atoms with Crippen molar-refractivity contribution in [3.05, 3.63) is 58.0 Å². The summed E-state index contributed by atoms with van der Waals surface area (Å²) in [6.07, 6.45) is 0.184. The number of fused-ring (bicyclic) bond motifs is 1. The number of hydrogen-bond donors (Lipinski definition) is 1. The number of amides is 1. The number of benzene rings is 2. The van der Waals surface area contributed by atoms with Crippen molar-refractivity contribution < 1.29 is 9.53 Å². The lowest BCUT2D eigenvalue weighted by Crippen LogP contribution is -2.36. The molecule has 0 saturated carbocycles. The summed E-state index contributed by atoms with van der Waals surface area (Å²) in [4.78, 5) is 27.4. The Morgan fingerprint density at radius 3 is 2.62 bits per heavy atom. The normalized spacial score (nSPS) is 14.3. The summed E-state index contributed by atoms with van der Waals surface area (Å²) in [5, 5.41) is 3.52. The average molecular weight is 415 g/mol. The molecule has 0 unspecified atom stereocenters. The molecule has 0 aliphatic carbocycles. The highest BCUT2D eigenvalue weighted by atomic mass is 35.5. The number of rotatable bonds is 5. The predicted octanol–water partition coefficient (Wildman–Crippen LogP) is 2.86. The molecule has 1 fully saturated rings. The van der Waals surface area contributed by atoms with Crippen LogP contribution in [0, 0.1) is 0 Å². The van der Waals surface area contributed by atoms with Gasteiger partial charge in [-0.1, -0.05) is 23.7 Å². The number of carbonyl (C=O) groups excluding carboxylic acids is 1. The van der Waals surface area contributed by atoms with Gasteiger partial charge in [-0.3, -0.25) is 13.9 Å². The van der Waals surface area contributed by atoms with E-state index in [-0.39, 0.29) is 18.0 Å². The van der Waals surface area contributed by atoms with Crippen LogP contribution >= 0.6 is 11.6 Å². The van der Waals surface area contributed by atoms with Gasteiger partial charge < -0.3 is 15.0 Å². The van der Waals surface area contributed by atoms with E-state index < -0.39 is 0 Å². The molecule has 2 aromatic carbocycles. The fourth-order valence-corrected chi connectivity index (χ4v) is 3.87. The van der Waals surface area contributed by atoms with Crippen LogP contribution in [0.1, 0.15) is 6.42 Å². The summed E-state index contributed by atoms with van der Waals surface area (Å²) >= 11 is 6.16. The zero-order valence-electron chi connectivity index (χ0n) is 16.2. The Balaban J connectivity index is 1.50. The molecule has 1 aliphatic rings. The van der Waals surface area contributed by atoms with Crippen LogP contribution in [0.5, 0.6) is 0 Å². The molecule has 1 N–H and O–H groups in total. The fourth-order valence-electron chi connectivity index (χ4n) is 3.69. The Hall–Kier alpha value is -2.77. The van der Waals surface area contributed by atoms with E-state index in [1.807, 2.05) is 36.4 Å². The first kappa shape index (κ1) is 19.5. The predicted molar refractivity (Wildman–Crippen MR) is 115 cm³/mol. The quantitative estimate of drug-likeness (QED) is 0.697. The number of hydrogen-bond acceptors (Lipinski definition) is 4. The van der Waals surface area contributed by atoms with Crippen LogP contribution in [-0.4, -0.2) is 41.3 Å². The third-order valence-corrected chi connectivity index (χ3v) is 5.43. The second-order valence-corrected chi connectivity index (χ2v) is 7.48. The van der Waals surface area contributed by atoms with Gasteiger partial charge in [-0.2, -0.15) is 0 Å². The van der Waals surface area contributed by atoms with E-state index >= 15 is 0 Å². The number of nitrogens with zero attached hydrogens (tertiary/aromatic N) is 3. The summed E-state index contributed by atoms with van der Waals surface area (Å²) in [5.74, 6) is -0.165. The molecule has 8 heteroatoms. The average Bonchev–Trinajstić information content (AvgIpc) is 2.98. The van der Waals surface area contributed by atoms with Crippen LogP contribution in [-0.2, 0) is 23.1 Å². The highest BCUT2D eigenvalue weighted by Crippen LogP contribution is 2.30. The molecule has 152 valence electrons. The molecular formula is C21H23ClN4O3. The van der Waals surface area contributed by atoms with Gasteiger partial charge in [0, 0.05) is 38.1 Å². The van der Waals surface area contributed by atoms with Crippen LogP contribution in [0.3, 0.4) is 0 Å². The Labute approximate surface area is 173 Å². The number of halogens is 1. The highest BCUT2D eigenvalue weighted by Gasteiger charge is 2.17. The van der Waals surface area contributed by atoms with Gasteiger partial charge in [-0.15, -0.1) is 0 Å². The van der Waals surface area contributed by atoms with E-state index in [4.69, 9.17) is 16.3 Å². The van der Waals surface area contributed by atoms with E-state index in [1.165, 1.54) is 0 Å². The van der Waals surface area contributed by atoms with Gasteiger partial charge in [0.15, 0.2) is 0 Å². The van der Waals surface area contributed by atoms with Crippen molar-refractivity contribution >= 4 is 39.9 Å². The molecule has 1 amide bonds. The number of morpholine rings is 1.